The van der Waals surface area contributed by atoms with Crippen LogP contribution in [0.3, 0.4) is 0 Å². The fourth-order valence-corrected chi connectivity index (χ4v) is 2.44. The first-order valence-corrected chi connectivity index (χ1v) is 7.19. The van der Waals surface area contributed by atoms with Crippen LogP contribution in [0.15, 0.2) is 48.7 Å². The molecular weight excluding hydrogens is 286 g/mol. The van der Waals surface area contributed by atoms with Gasteiger partial charge in [-0.3, -0.25) is 0 Å². The van der Waals surface area contributed by atoms with Crippen LogP contribution in [0, 0.1) is 6.92 Å². The number of rotatable bonds is 5. The molecule has 108 valence electrons. The second-order valence-electron chi connectivity index (χ2n) is 4.86. The van der Waals surface area contributed by atoms with Gasteiger partial charge in [-0.05, 0) is 48.9 Å². The Morgan fingerprint density at radius 3 is 2.71 bits per heavy atom. The Morgan fingerprint density at radius 2 is 1.86 bits per heavy atom. The van der Waals surface area contributed by atoms with E-state index in [0.717, 1.165) is 22.2 Å². The van der Waals surface area contributed by atoms with Gasteiger partial charge in [-0.15, -0.1) is 0 Å². The molecule has 0 saturated carbocycles. The monoisotopic (exact) mass is 301 g/mol. The summed E-state index contributed by atoms with van der Waals surface area (Å²) in [6.45, 7) is 2.92. The molecule has 0 spiro atoms. The number of H-pyrrole nitrogens is 1. The number of fused-ring (bicyclic) bond motifs is 1. The lowest BCUT2D eigenvalue weighted by molar-refractivity contribution is 0.217. The average molecular weight is 302 g/mol. The van der Waals surface area contributed by atoms with Crippen LogP contribution in [-0.4, -0.2) is 18.2 Å². The second kappa shape index (κ2) is 6.10. The number of aromatic nitrogens is 1. The number of halogens is 1. The van der Waals surface area contributed by atoms with E-state index in [0.29, 0.717) is 24.0 Å². The number of hydrogen-bond donors (Lipinski definition) is 1. The van der Waals surface area contributed by atoms with Crippen LogP contribution < -0.4 is 9.47 Å². The van der Waals surface area contributed by atoms with E-state index in [2.05, 4.69) is 4.98 Å². The highest BCUT2D eigenvalue weighted by Crippen LogP contribution is 2.25. The maximum atomic E-state index is 6.11. The predicted molar refractivity (Wildman–Crippen MR) is 85.5 cm³/mol. The molecule has 0 aliphatic rings. The smallest absolute Gasteiger partial charge is 0.138 e. The summed E-state index contributed by atoms with van der Waals surface area (Å²) in [5, 5.41) is 1.76. The van der Waals surface area contributed by atoms with E-state index < -0.39 is 0 Å². The minimum Gasteiger partial charge on any atom is -0.490 e. The lowest BCUT2D eigenvalue weighted by Gasteiger charge is -2.10. The first kappa shape index (κ1) is 13.8. The van der Waals surface area contributed by atoms with Gasteiger partial charge in [0.05, 0.1) is 5.02 Å². The lowest BCUT2D eigenvalue weighted by atomic mass is 10.2. The second-order valence-corrected chi connectivity index (χ2v) is 5.26. The summed E-state index contributed by atoms with van der Waals surface area (Å²) in [6.07, 6.45) is 1.91. The van der Waals surface area contributed by atoms with Gasteiger partial charge in [0.15, 0.2) is 0 Å². The van der Waals surface area contributed by atoms with E-state index in [4.69, 9.17) is 21.1 Å². The van der Waals surface area contributed by atoms with Gasteiger partial charge in [-0.25, -0.2) is 0 Å². The molecule has 0 aliphatic heterocycles. The van der Waals surface area contributed by atoms with Crippen LogP contribution in [0.25, 0.3) is 10.9 Å². The predicted octanol–water partition coefficient (Wildman–Crippen LogP) is 4.59. The van der Waals surface area contributed by atoms with E-state index >= 15 is 0 Å². The minimum absolute atomic E-state index is 0.452. The third-order valence-corrected chi connectivity index (χ3v) is 3.52. The lowest BCUT2D eigenvalue weighted by Crippen LogP contribution is -2.09. The van der Waals surface area contributed by atoms with Gasteiger partial charge in [0.25, 0.3) is 0 Å². The fraction of sp³-hybridized carbons (Fsp3) is 0.176. The van der Waals surface area contributed by atoms with Gasteiger partial charge in [0, 0.05) is 17.1 Å². The molecule has 0 bridgehead atoms. The number of ether oxygens (including phenoxy) is 2. The van der Waals surface area contributed by atoms with Crippen molar-refractivity contribution in [3.8, 4) is 11.5 Å². The Labute approximate surface area is 128 Å². The maximum Gasteiger partial charge on any atom is 0.138 e. The van der Waals surface area contributed by atoms with E-state index in [1.165, 1.54) is 0 Å². The standard InChI is InChI=1S/C17H16ClNO2/c1-12-2-5-17(15(18)10-12)21-9-8-20-14-3-4-16-13(11-14)6-7-19-16/h2-7,10-11,19H,8-9H2,1H3. The molecule has 0 aliphatic carbocycles. The Morgan fingerprint density at radius 1 is 1.00 bits per heavy atom. The summed E-state index contributed by atoms with van der Waals surface area (Å²) in [6, 6.07) is 13.7. The molecule has 0 fully saturated rings. The van der Waals surface area contributed by atoms with Crippen molar-refractivity contribution in [3.05, 3.63) is 59.2 Å². The summed E-state index contributed by atoms with van der Waals surface area (Å²) >= 11 is 6.11. The normalized spacial score (nSPS) is 10.8. The van der Waals surface area contributed by atoms with Crippen molar-refractivity contribution < 1.29 is 9.47 Å². The van der Waals surface area contributed by atoms with Gasteiger partial charge in [0.2, 0.25) is 0 Å². The van der Waals surface area contributed by atoms with Crippen molar-refractivity contribution in [2.24, 2.45) is 0 Å². The molecule has 0 radical (unpaired) electrons. The molecule has 0 amide bonds. The fourth-order valence-electron chi connectivity index (χ4n) is 2.16. The van der Waals surface area contributed by atoms with Crippen LogP contribution in [0.4, 0.5) is 0 Å². The van der Waals surface area contributed by atoms with Crippen LogP contribution in [0.1, 0.15) is 5.56 Å². The molecular formula is C17H16ClNO2. The molecule has 1 N–H and O–H groups in total. The van der Waals surface area contributed by atoms with E-state index in [1.807, 2.05) is 55.6 Å². The molecule has 21 heavy (non-hydrogen) atoms. The topological polar surface area (TPSA) is 34.2 Å². The molecule has 0 atom stereocenters. The van der Waals surface area contributed by atoms with Crippen LogP contribution in [0.2, 0.25) is 5.02 Å². The molecule has 1 heterocycles. The van der Waals surface area contributed by atoms with E-state index in [1.54, 1.807) is 0 Å². The Bertz CT molecular complexity index is 751. The highest BCUT2D eigenvalue weighted by molar-refractivity contribution is 6.32. The number of aromatic amines is 1. The third kappa shape index (κ3) is 3.31. The Kier molecular flexibility index (Phi) is 4.02. The third-order valence-electron chi connectivity index (χ3n) is 3.22. The summed E-state index contributed by atoms with van der Waals surface area (Å²) in [7, 11) is 0. The van der Waals surface area contributed by atoms with E-state index in [9.17, 15) is 0 Å². The zero-order valence-electron chi connectivity index (χ0n) is 11.7. The zero-order valence-corrected chi connectivity index (χ0v) is 12.5. The largest absolute Gasteiger partial charge is 0.490 e. The van der Waals surface area contributed by atoms with E-state index in [-0.39, 0.29) is 0 Å². The van der Waals surface area contributed by atoms with Gasteiger partial charge in [-0.1, -0.05) is 17.7 Å². The average Bonchev–Trinajstić information content (AvgIpc) is 2.93. The van der Waals surface area contributed by atoms with Crippen molar-refractivity contribution in [3.63, 3.8) is 0 Å². The number of hydrogen-bond acceptors (Lipinski definition) is 2. The van der Waals surface area contributed by atoms with Crippen molar-refractivity contribution in [2.75, 3.05) is 13.2 Å². The van der Waals surface area contributed by atoms with Crippen molar-refractivity contribution in [1.82, 2.24) is 4.98 Å². The number of nitrogens with one attached hydrogen (secondary N) is 1. The molecule has 1 aromatic heterocycles. The molecule has 3 aromatic rings. The Hall–Kier alpha value is -2.13. The summed E-state index contributed by atoms with van der Waals surface area (Å²) in [5.41, 5.74) is 2.22. The highest BCUT2D eigenvalue weighted by Gasteiger charge is 2.02. The van der Waals surface area contributed by atoms with Gasteiger partial charge in [0.1, 0.15) is 24.7 Å². The maximum absolute atomic E-state index is 6.11. The molecule has 3 rings (SSSR count). The molecule has 0 saturated heterocycles. The molecule has 3 nitrogen and oxygen atoms in total. The highest BCUT2D eigenvalue weighted by atomic mass is 35.5. The summed E-state index contributed by atoms with van der Waals surface area (Å²) in [4.78, 5) is 3.15. The van der Waals surface area contributed by atoms with Gasteiger partial charge < -0.3 is 14.5 Å². The van der Waals surface area contributed by atoms with Gasteiger partial charge in [-0.2, -0.15) is 0 Å². The van der Waals surface area contributed by atoms with Crippen molar-refractivity contribution in [2.45, 2.75) is 6.92 Å². The molecule has 4 heteroatoms. The molecule has 2 aromatic carbocycles. The van der Waals surface area contributed by atoms with Gasteiger partial charge >= 0.3 is 0 Å². The van der Waals surface area contributed by atoms with Crippen LogP contribution in [-0.2, 0) is 0 Å². The first-order valence-electron chi connectivity index (χ1n) is 6.81. The zero-order chi connectivity index (χ0) is 14.7. The number of benzene rings is 2. The van der Waals surface area contributed by atoms with Crippen LogP contribution >= 0.6 is 11.6 Å². The number of aryl methyl sites for hydroxylation is 1. The van der Waals surface area contributed by atoms with Crippen LogP contribution in [0.5, 0.6) is 11.5 Å². The van der Waals surface area contributed by atoms with Crippen molar-refractivity contribution >= 4 is 22.5 Å². The molecule has 0 unspecified atom stereocenters. The summed E-state index contributed by atoms with van der Waals surface area (Å²) < 4.78 is 11.3. The van der Waals surface area contributed by atoms with Crippen molar-refractivity contribution in [1.29, 1.82) is 0 Å². The SMILES string of the molecule is Cc1ccc(OCCOc2ccc3[nH]ccc3c2)c(Cl)c1. The summed E-state index contributed by atoms with van der Waals surface area (Å²) in [5.74, 6) is 1.52. The minimum atomic E-state index is 0.452. The first-order chi connectivity index (χ1) is 10.2. The quantitative estimate of drug-likeness (QED) is 0.700. The Balaban J connectivity index is 1.53.